The summed E-state index contributed by atoms with van der Waals surface area (Å²) in [4.78, 5) is 40.3. The number of H-pyrrole nitrogens is 1. The van der Waals surface area contributed by atoms with Crippen molar-refractivity contribution in [1.82, 2.24) is 10.3 Å². The zero-order valence-electron chi connectivity index (χ0n) is 11.7. The molecule has 22 heavy (non-hydrogen) atoms. The molecule has 1 aromatic carbocycles. The minimum atomic E-state index is -0.837. The molecule has 2 aromatic rings. The number of hydrogen-bond donors (Lipinski definition) is 3. The van der Waals surface area contributed by atoms with E-state index in [-0.39, 0.29) is 19.4 Å². The van der Waals surface area contributed by atoms with E-state index in [1.807, 2.05) is 24.3 Å². The Hall–Kier alpha value is -2.90. The fraction of sp³-hybridized carbons (Fsp3) is 0.286. The third-order valence-corrected chi connectivity index (χ3v) is 3.25. The minimum Gasteiger partial charge on any atom is -0.368 e. The van der Waals surface area contributed by atoms with Gasteiger partial charge in [-0.15, -0.1) is 4.91 Å². The maximum absolute atomic E-state index is 11.7. The molecule has 1 atom stereocenters. The van der Waals surface area contributed by atoms with Crippen LogP contribution in [0, 0.1) is 4.91 Å². The predicted molar refractivity (Wildman–Crippen MR) is 79.5 cm³/mol. The summed E-state index contributed by atoms with van der Waals surface area (Å²) >= 11 is 0. The Bertz CT molecular complexity index is 682. The second-order valence-corrected chi connectivity index (χ2v) is 4.74. The summed E-state index contributed by atoms with van der Waals surface area (Å²) < 4.78 is 0. The molecule has 8 heteroatoms. The first-order chi connectivity index (χ1) is 10.6. The molecule has 0 unspecified atom stereocenters. The van der Waals surface area contributed by atoms with Gasteiger partial charge in [0.1, 0.15) is 12.6 Å². The third-order valence-electron chi connectivity index (χ3n) is 3.25. The second-order valence-electron chi connectivity index (χ2n) is 4.74. The van der Waals surface area contributed by atoms with Gasteiger partial charge in [-0.2, -0.15) is 0 Å². The lowest BCUT2D eigenvalue weighted by molar-refractivity contribution is -0.128. The molecule has 0 saturated heterocycles. The summed E-state index contributed by atoms with van der Waals surface area (Å²) in [5.74, 6) is -1.07. The molecule has 4 N–H and O–H groups in total. The van der Waals surface area contributed by atoms with Gasteiger partial charge in [-0.05, 0) is 11.6 Å². The molecule has 0 aliphatic heterocycles. The van der Waals surface area contributed by atoms with Crippen LogP contribution in [0.5, 0.6) is 0 Å². The monoisotopic (exact) mass is 304 g/mol. The van der Waals surface area contributed by atoms with Crippen LogP contribution in [-0.2, 0) is 20.8 Å². The van der Waals surface area contributed by atoms with Crippen molar-refractivity contribution in [3.8, 4) is 0 Å². The number of rotatable bonds is 8. The average molecular weight is 304 g/mol. The third kappa shape index (κ3) is 3.81. The standard InChI is InChI=1S/C14H16N4O4/c15-14(20)12(17-13(19)5-6-22-18-21)7-9-8-16-11-4-2-1-3-10(9)11/h1-4,8,12,16H,5-7H2,(H2,15,20)(H,17,19)/t12-/m0/s1. The van der Waals surface area contributed by atoms with E-state index in [2.05, 4.69) is 20.5 Å². The SMILES string of the molecule is NC(=O)[C@H](Cc1c[nH]c2ccccc12)NC(=O)CCON=O. The molecule has 0 saturated carbocycles. The molecular formula is C14H16N4O4. The van der Waals surface area contributed by atoms with Crippen LogP contribution in [0.3, 0.4) is 0 Å². The summed E-state index contributed by atoms with van der Waals surface area (Å²) in [7, 11) is 0. The van der Waals surface area contributed by atoms with E-state index in [0.29, 0.717) is 0 Å². The molecule has 0 aliphatic rings. The topological polar surface area (TPSA) is 127 Å². The van der Waals surface area contributed by atoms with Gasteiger partial charge in [0.05, 0.1) is 6.42 Å². The maximum Gasteiger partial charge on any atom is 0.240 e. The van der Waals surface area contributed by atoms with Crippen LogP contribution in [0.1, 0.15) is 12.0 Å². The van der Waals surface area contributed by atoms with Gasteiger partial charge in [-0.3, -0.25) is 9.59 Å². The second kappa shape index (κ2) is 7.21. The summed E-state index contributed by atoms with van der Waals surface area (Å²) in [6, 6.07) is 6.79. The molecule has 1 heterocycles. The molecule has 2 rings (SSSR count). The van der Waals surface area contributed by atoms with Crippen LogP contribution < -0.4 is 11.1 Å². The number of para-hydroxylation sites is 1. The van der Waals surface area contributed by atoms with Crippen LogP contribution in [-0.4, -0.2) is 29.4 Å². The first-order valence-electron chi connectivity index (χ1n) is 6.70. The zero-order chi connectivity index (χ0) is 15.9. The Kier molecular flexibility index (Phi) is 5.07. The molecule has 1 aromatic heterocycles. The number of hydrogen-bond acceptors (Lipinski definition) is 5. The van der Waals surface area contributed by atoms with Crippen molar-refractivity contribution in [2.75, 3.05) is 6.61 Å². The van der Waals surface area contributed by atoms with E-state index in [4.69, 9.17) is 5.73 Å². The summed E-state index contributed by atoms with van der Waals surface area (Å²) in [6.45, 7) is -0.145. The molecule has 116 valence electrons. The van der Waals surface area contributed by atoms with E-state index in [1.54, 1.807) is 6.20 Å². The summed E-state index contributed by atoms with van der Waals surface area (Å²) in [5.41, 5.74) is 7.16. The number of fused-ring (bicyclic) bond motifs is 1. The normalized spacial score (nSPS) is 11.8. The van der Waals surface area contributed by atoms with Crippen LogP contribution in [0.2, 0.25) is 0 Å². The van der Waals surface area contributed by atoms with Gasteiger partial charge in [0.15, 0.2) is 5.34 Å². The number of amides is 2. The van der Waals surface area contributed by atoms with Gasteiger partial charge in [0.25, 0.3) is 0 Å². The number of carbonyl (C=O) groups excluding carboxylic acids is 2. The average Bonchev–Trinajstić information content (AvgIpc) is 2.90. The van der Waals surface area contributed by atoms with Gasteiger partial charge < -0.3 is 20.9 Å². The maximum atomic E-state index is 11.7. The lowest BCUT2D eigenvalue weighted by Crippen LogP contribution is -2.46. The van der Waals surface area contributed by atoms with Gasteiger partial charge in [0, 0.05) is 23.5 Å². The smallest absolute Gasteiger partial charge is 0.240 e. The van der Waals surface area contributed by atoms with E-state index >= 15 is 0 Å². The zero-order valence-corrected chi connectivity index (χ0v) is 11.7. The highest BCUT2D eigenvalue weighted by molar-refractivity contribution is 5.88. The van der Waals surface area contributed by atoms with Crippen LogP contribution in [0.15, 0.2) is 35.8 Å². The van der Waals surface area contributed by atoms with Crippen LogP contribution >= 0.6 is 0 Å². The molecule has 0 fully saturated rings. The molecule has 0 radical (unpaired) electrons. The first-order valence-corrected chi connectivity index (χ1v) is 6.70. The van der Waals surface area contributed by atoms with Crippen LogP contribution in [0.25, 0.3) is 10.9 Å². The number of benzene rings is 1. The first kappa shape index (κ1) is 15.5. The fourth-order valence-corrected chi connectivity index (χ4v) is 2.19. The van der Waals surface area contributed by atoms with Gasteiger partial charge in [-0.1, -0.05) is 18.2 Å². The number of nitrogens with zero attached hydrogens (tertiary/aromatic N) is 1. The molecule has 0 spiro atoms. The Morgan fingerprint density at radius 3 is 2.86 bits per heavy atom. The van der Waals surface area contributed by atoms with Crippen molar-refractivity contribution in [2.45, 2.75) is 18.9 Å². The predicted octanol–water partition coefficient (Wildman–Crippen LogP) is 0.769. The summed E-state index contributed by atoms with van der Waals surface area (Å²) in [6.07, 6.45) is 1.98. The van der Waals surface area contributed by atoms with E-state index < -0.39 is 17.9 Å². The molecule has 0 bridgehead atoms. The largest absolute Gasteiger partial charge is 0.368 e. The van der Waals surface area contributed by atoms with Crippen molar-refractivity contribution < 1.29 is 14.4 Å². The molecule has 8 nitrogen and oxygen atoms in total. The number of aromatic nitrogens is 1. The number of primary amides is 1. The Morgan fingerprint density at radius 1 is 1.36 bits per heavy atom. The Labute approximate surface area is 125 Å². The number of nitrogens with two attached hydrogens (primary N) is 1. The summed E-state index contributed by atoms with van der Waals surface area (Å²) in [5, 5.41) is 5.69. The van der Waals surface area contributed by atoms with Gasteiger partial charge in [-0.25, -0.2) is 0 Å². The fourth-order valence-electron chi connectivity index (χ4n) is 2.19. The van der Waals surface area contributed by atoms with Crippen molar-refractivity contribution in [1.29, 1.82) is 0 Å². The van der Waals surface area contributed by atoms with Crippen molar-refractivity contribution in [3.63, 3.8) is 0 Å². The van der Waals surface area contributed by atoms with Crippen molar-refractivity contribution in [2.24, 2.45) is 11.1 Å². The quantitative estimate of drug-likeness (QED) is 0.378. The highest BCUT2D eigenvalue weighted by Gasteiger charge is 2.20. The lowest BCUT2D eigenvalue weighted by atomic mass is 10.0. The minimum absolute atomic E-state index is 0.0800. The van der Waals surface area contributed by atoms with Crippen molar-refractivity contribution in [3.05, 3.63) is 40.9 Å². The molecule has 0 aliphatic carbocycles. The number of carbonyl (C=O) groups is 2. The molecular weight excluding hydrogens is 288 g/mol. The van der Waals surface area contributed by atoms with E-state index in [1.165, 1.54) is 0 Å². The molecule has 2 amide bonds. The highest BCUT2D eigenvalue weighted by Crippen LogP contribution is 2.19. The Balaban J connectivity index is 2.04. The van der Waals surface area contributed by atoms with Crippen LogP contribution in [0.4, 0.5) is 0 Å². The number of nitrogens with one attached hydrogen (secondary N) is 2. The number of aromatic amines is 1. The lowest BCUT2D eigenvalue weighted by Gasteiger charge is -2.14. The van der Waals surface area contributed by atoms with E-state index in [9.17, 15) is 14.5 Å². The van der Waals surface area contributed by atoms with E-state index in [0.717, 1.165) is 16.5 Å². The van der Waals surface area contributed by atoms with Gasteiger partial charge in [0.2, 0.25) is 11.8 Å². The van der Waals surface area contributed by atoms with Crippen molar-refractivity contribution >= 4 is 22.7 Å². The highest BCUT2D eigenvalue weighted by atomic mass is 16.7. The Morgan fingerprint density at radius 2 is 2.14 bits per heavy atom. The van der Waals surface area contributed by atoms with Gasteiger partial charge >= 0.3 is 0 Å².